The molecule has 0 bridgehead atoms. The number of benzene rings is 2. The molecule has 3 rings (SSSR count). The van der Waals surface area contributed by atoms with Gasteiger partial charge in [-0.25, -0.2) is 4.39 Å². The molecule has 0 atom stereocenters. The third-order valence-electron chi connectivity index (χ3n) is 4.44. The zero-order valence-electron chi connectivity index (χ0n) is 14.1. The zero-order chi connectivity index (χ0) is 17.3. The summed E-state index contributed by atoms with van der Waals surface area (Å²) in [4.78, 5) is 14.1. The molecule has 124 valence electrons. The molecule has 0 spiro atoms. The number of aryl methyl sites for hydroxylation is 2. The highest BCUT2D eigenvalue weighted by Crippen LogP contribution is 2.27. The van der Waals surface area contributed by atoms with Crippen LogP contribution in [0.15, 0.2) is 47.1 Å². The summed E-state index contributed by atoms with van der Waals surface area (Å²) in [5, 5.41) is 0.988. The maximum atomic E-state index is 13.0. The van der Waals surface area contributed by atoms with Gasteiger partial charge in [-0.1, -0.05) is 24.3 Å². The number of carbonyl (C=O) groups excluding carboxylic acids is 1. The van der Waals surface area contributed by atoms with E-state index >= 15 is 0 Å². The Hall–Kier alpha value is -2.62. The van der Waals surface area contributed by atoms with Crippen LogP contribution in [-0.4, -0.2) is 17.9 Å². The lowest BCUT2D eigenvalue weighted by molar-refractivity contribution is -0.129. The lowest BCUT2D eigenvalue weighted by Crippen LogP contribution is -2.27. The van der Waals surface area contributed by atoms with E-state index in [1.54, 1.807) is 30.3 Å². The molecule has 3 nitrogen and oxygen atoms in total. The Bertz CT molecular complexity index is 881. The van der Waals surface area contributed by atoms with Crippen molar-refractivity contribution in [3.63, 3.8) is 0 Å². The van der Waals surface area contributed by atoms with Crippen molar-refractivity contribution < 1.29 is 13.6 Å². The van der Waals surface area contributed by atoms with Crippen molar-refractivity contribution in [3.05, 3.63) is 70.7 Å². The number of furan rings is 1. The maximum absolute atomic E-state index is 13.0. The summed E-state index contributed by atoms with van der Waals surface area (Å²) in [6.07, 6.45) is 1.95. The zero-order valence-corrected chi connectivity index (χ0v) is 14.1. The monoisotopic (exact) mass is 325 g/mol. The molecule has 1 heterocycles. The molecule has 0 aliphatic carbocycles. The van der Waals surface area contributed by atoms with Gasteiger partial charge in [-0.2, -0.15) is 0 Å². The van der Waals surface area contributed by atoms with E-state index in [9.17, 15) is 9.18 Å². The third-order valence-corrected chi connectivity index (χ3v) is 4.44. The van der Waals surface area contributed by atoms with E-state index in [1.165, 1.54) is 17.7 Å². The van der Waals surface area contributed by atoms with Crippen LogP contribution >= 0.6 is 0 Å². The number of nitrogens with zero attached hydrogens (tertiary/aromatic N) is 1. The Kier molecular flexibility index (Phi) is 4.38. The van der Waals surface area contributed by atoms with Gasteiger partial charge in [-0.3, -0.25) is 4.79 Å². The summed E-state index contributed by atoms with van der Waals surface area (Å²) in [6, 6.07) is 10.2. The van der Waals surface area contributed by atoms with E-state index in [-0.39, 0.29) is 18.1 Å². The smallest absolute Gasteiger partial charge is 0.227 e. The molecule has 2 aromatic carbocycles. The molecule has 24 heavy (non-hydrogen) atoms. The van der Waals surface area contributed by atoms with Gasteiger partial charge < -0.3 is 9.32 Å². The summed E-state index contributed by atoms with van der Waals surface area (Å²) >= 11 is 0. The maximum Gasteiger partial charge on any atom is 0.227 e. The summed E-state index contributed by atoms with van der Waals surface area (Å²) in [7, 11) is 1.75. The summed E-state index contributed by atoms with van der Waals surface area (Å²) in [5.41, 5.74) is 4.91. The molecule has 0 saturated heterocycles. The molecule has 0 radical (unpaired) electrons. The average molecular weight is 325 g/mol. The Morgan fingerprint density at radius 3 is 2.54 bits per heavy atom. The first-order chi connectivity index (χ1) is 11.5. The van der Waals surface area contributed by atoms with Gasteiger partial charge in [0, 0.05) is 24.5 Å². The third kappa shape index (κ3) is 3.18. The Morgan fingerprint density at radius 1 is 1.12 bits per heavy atom. The molecule has 3 aromatic rings. The van der Waals surface area contributed by atoms with Gasteiger partial charge >= 0.3 is 0 Å². The molecule has 0 N–H and O–H groups in total. The Labute approximate surface area is 140 Å². The van der Waals surface area contributed by atoms with Crippen LogP contribution in [0.25, 0.3) is 11.0 Å². The van der Waals surface area contributed by atoms with Crippen molar-refractivity contribution in [1.29, 1.82) is 0 Å². The van der Waals surface area contributed by atoms with Gasteiger partial charge in [-0.05, 0) is 42.7 Å². The van der Waals surface area contributed by atoms with Gasteiger partial charge in [0.15, 0.2) is 0 Å². The van der Waals surface area contributed by atoms with E-state index in [4.69, 9.17) is 4.42 Å². The molecule has 4 heteroatoms. The second-order valence-electron chi connectivity index (χ2n) is 6.20. The standard InChI is InChI=1S/C20H20FNO2/c1-13-4-9-18-16(12-24-20(18)14(13)2)10-19(23)22(3)11-15-5-7-17(21)8-6-15/h4-9,12H,10-11H2,1-3H3. The fraction of sp³-hybridized carbons (Fsp3) is 0.250. The fourth-order valence-electron chi connectivity index (χ4n) is 2.78. The summed E-state index contributed by atoms with van der Waals surface area (Å²) < 4.78 is 18.6. The molecule has 0 unspecified atom stereocenters. The molecule has 0 aliphatic heterocycles. The van der Waals surface area contributed by atoms with Crippen molar-refractivity contribution in [1.82, 2.24) is 4.90 Å². The van der Waals surface area contributed by atoms with Crippen molar-refractivity contribution in [2.45, 2.75) is 26.8 Å². The van der Waals surface area contributed by atoms with E-state index in [1.807, 2.05) is 26.0 Å². The van der Waals surface area contributed by atoms with Crippen LogP contribution in [0.3, 0.4) is 0 Å². The number of hydrogen-bond donors (Lipinski definition) is 0. The van der Waals surface area contributed by atoms with Crippen molar-refractivity contribution in [2.24, 2.45) is 0 Å². The number of rotatable bonds is 4. The largest absolute Gasteiger partial charge is 0.464 e. The van der Waals surface area contributed by atoms with E-state index < -0.39 is 0 Å². The highest BCUT2D eigenvalue weighted by molar-refractivity contribution is 5.89. The molecular formula is C20H20FNO2. The Morgan fingerprint density at radius 2 is 1.83 bits per heavy atom. The average Bonchev–Trinajstić information content (AvgIpc) is 2.96. The van der Waals surface area contributed by atoms with Crippen molar-refractivity contribution >= 4 is 16.9 Å². The molecule has 0 aliphatic rings. The number of amides is 1. The van der Waals surface area contributed by atoms with Crippen LogP contribution in [-0.2, 0) is 17.8 Å². The Balaban J connectivity index is 1.74. The number of fused-ring (bicyclic) bond motifs is 1. The molecule has 0 saturated carbocycles. The first-order valence-electron chi connectivity index (χ1n) is 7.90. The highest BCUT2D eigenvalue weighted by atomic mass is 19.1. The number of carbonyl (C=O) groups is 1. The second-order valence-corrected chi connectivity index (χ2v) is 6.20. The minimum absolute atomic E-state index is 0.000234. The lowest BCUT2D eigenvalue weighted by Gasteiger charge is -2.17. The summed E-state index contributed by atoms with van der Waals surface area (Å²) in [6.45, 7) is 4.51. The van der Waals surface area contributed by atoms with Crippen LogP contribution in [0.5, 0.6) is 0 Å². The van der Waals surface area contributed by atoms with Gasteiger partial charge in [0.25, 0.3) is 0 Å². The highest BCUT2D eigenvalue weighted by Gasteiger charge is 2.15. The van der Waals surface area contributed by atoms with Gasteiger partial charge in [0.2, 0.25) is 5.91 Å². The first kappa shape index (κ1) is 16.2. The SMILES string of the molecule is Cc1ccc2c(CC(=O)N(C)Cc3ccc(F)cc3)coc2c1C. The number of hydrogen-bond acceptors (Lipinski definition) is 2. The number of likely N-dealkylation sites (N-methyl/N-ethyl adjacent to an activating group) is 1. The topological polar surface area (TPSA) is 33.5 Å². The van der Waals surface area contributed by atoms with Crippen LogP contribution in [0.2, 0.25) is 0 Å². The fourth-order valence-corrected chi connectivity index (χ4v) is 2.78. The van der Waals surface area contributed by atoms with Crippen LogP contribution in [0.1, 0.15) is 22.3 Å². The first-order valence-corrected chi connectivity index (χ1v) is 7.90. The van der Waals surface area contributed by atoms with Crippen LogP contribution in [0, 0.1) is 19.7 Å². The van der Waals surface area contributed by atoms with Gasteiger partial charge in [0.05, 0.1) is 12.7 Å². The molecular weight excluding hydrogens is 305 g/mol. The predicted octanol–water partition coefficient (Wildman–Crippen LogP) is 4.39. The molecule has 1 amide bonds. The van der Waals surface area contributed by atoms with Crippen molar-refractivity contribution in [3.8, 4) is 0 Å². The lowest BCUT2D eigenvalue weighted by atomic mass is 10.0. The van der Waals surface area contributed by atoms with E-state index in [2.05, 4.69) is 0 Å². The van der Waals surface area contributed by atoms with Gasteiger partial charge in [-0.15, -0.1) is 0 Å². The quantitative estimate of drug-likeness (QED) is 0.713. The molecule has 1 aromatic heterocycles. The minimum atomic E-state index is -0.275. The normalized spacial score (nSPS) is 11.0. The molecule has 0 fully saturated rings. The predicted molar refractivity (Wildman–Crippen MR) is 92.3 cm³/mol. The second kappa shape index (κ2) is 6.48. The summed E-state index contributed by atoms with van der Waals surface area (Å²) in [5.74, 6) is -0.275. The minimum Gasteiger partial charge on any atom is -0.464 e. The van der Waals surface area contributed by atoms with Crippen LogP contribution in [0.4, 0.5) is 4.39 Å². The van der Waals surface area contributed by atoms with E-state index in [0.29, 0.717) is 6.54 Å². The van der Waals surface area contributed by atoms with Crippen LogP contribution < -0.4 is 0 Å². The number of halogens is 1. The van der Waals surface area contributed by atoms with Gasteiger partial charge in [0.1, 0.15) is 11.4 Å². The van der Waals surface area contributed by atoms with E-state index in [0.717, 1.165) is 27.7 Å². The van der Waals surface area contributed by atoms with Crippen molar-refractivity contribution in [2.75, 3.05) is 7.05 Å².